The van der Waals surface area contributed by atoms with E-state index in [1.165, 1.54) is 49.7 Å². The van der Waals surface area contributed by atoms with Gasteiger partial charge in [-0.25, -0.2) is 0 Å². The van der Waals surface area contributed by atoms with Crippen LogP contribution in [0.1, 0.15) is 56.6 Å². The minimum atomic E-state index is 0.708. The van der Waals surface area contributed by atoms with Crippen molar-refractivity contribution in [3.63, 3.8) is 0 Å². The van der Waals surface area contributed by atoms with Gasteiger partial charge < -0.3 is 4.74 Å². The zero-order chi connectivity index (χ0) is 16.3. The molecule has 126 valence electrons. The highest BCUT2D eigenvalue weighted by molar-refractivity contribution is 5.22. The van der Waals surface area contributed by atoms with Crippen molar-refractivity contribution in [3.8, 4) is 0 Å². The van der Waals surface area contributed by atoms with Crippen molar-refractivity contribution in [2.75, 3.05) is 6.61 Å². The Morgan fingerprint density at radius 3 is 2.39 bits per heavy atom. The molecule has 1 nitrogen and oxygen atoms in total. The van der Waals surface area contributed by atoms with E-state index in [1.807, 2.05) is 0 Å². The molecule has 0 N–H and O–H groups in total. The van der Waals surface area contributed by atoms with E-state index in [1.54, 1.807) is 0 Å². The standard InChI is InChI=1S/C22H32O/c1-3-5-6-17-23-18-22-15-13-21(14-16-22)12-11-20-9-7-19(4-2)8-10-20/h4-6,13-16,19-20H,2-3,7-12,17-18H2,1H3/b6-5+/t19-,20-. The predicted octanol–water partition coefficient (Wildman–Crippen LogP) is 6.09. The smallest absolute Gasteiger partial charge is 0.0721 e. The van der Waals surface area contributed by atoms with E-state index in [0.717, 1.165) is 18.3 Å². The molecule has 1 aromatic rings. The van der Waals surface area contributed by atoms with Crippen molar-refractivity contribution in [1.29, 1.82) is 0 Å². The first-order valence-corrected chi connectivity index (χ1v) is 9.25. The fourth-order valence-electron chi connectivity index (χ4n) is 3.37. The second-order valence-corrected chi connectivity index (χ2v) is 6.77. The van der Waals surface area contributed by atoms with Crippen LogP contribution in [0.25, 0.3) is 0 Å². The van der Waals surface area contributed by atoms with Gasteiger partial charge >= 0.3 is 0 Å². The summed E-state index contributed by atoms with van der Waals surface area (Å²) in [6.07, 6.45) is 15.5. The van der Waals surface area contributed by atoms with E-state index in [2.05, 4.69) is 56.0 Å². The van der Waals surface area contributed by atoms with E-state index in [4.69, 9.17) is 4.74 Å². The average molecular weight is 312 g/mol. The lowest BCUT2D eigenvalue weighted by Crippen LogP contribution is -2.13. The molecule has 1 saturated carbocycles. The highest BCUT2D eigenvalue weighted by Gasteiger charge is 2.18. The molecular formula is C22H32O. The van der Waals surface area contributed by atoms with E-state index in [0.29, 0.717) is 13.2 Å². The molecule has 23 heavy (non-hydrogen) atoms. The van der Waals surface area contributed by atoms with Crippen LogP contribution in [0.4, 0.5) is 0 Å². The Bertz CT molecular complexity index is 463. The van der Waals surface area contributed by atoms with E-state index in [9.17, 15) is 0 Å². The summed E-state index contributed by atoms with van der Waals surface area (Å²) in [6.45, 7) is 7.49. The van der Waals surface area contributed by atoms with E-state index in [-0.39, 0.29) is 0 Å². The Balaban J connectivity index is 1.66. The summed E-state index contributed by atoms with van der Waals surface area (Å²) in [5.74, 6) is 1.69. The van der Waals surface area contributed by atoms with Crippen LogP contribution in [0, 0.1) is 11.8 Å². The molecule has 0 spiro atoms. The zero-order valence-corrected chi connectivity index (χ0v) is 14.7. The Morgan fingerprint density at radius 2 is 1.74 bits per heavy atom. The van der Waals surface area contributed by atoms with Crippen LogP contribution in [0.15, 0.2) is 49.1 Å². The van der Waals surface area contributed by atoms with Crippen LogP contribution < -0.4 is 0 Å². The summed E-state index contributed by atoms with van der Waals surface area (Å²) < 4.78 is 5.64. The van der Waals surface area contributed by atoms with Gasteiger partial charge in [-0.05, 0) is 67.9 Å². The highest BCUT2D eigenvalue weighted by atomic mass is 16.5. The molecule has 0 aromatic heterocycles. The maximum atomic E-state index is 5.64. The van der Waals surface area contributed by atoms with Crippen molar-refractivity contribution in [2.45, 2.75) is 58.5 Å². The lowest BCUT2D eigenvalue weighted by atomic mass is 9.79. The molecule has 1 aromatic carbocycles. The summed E-state index contributed by atoms with van der Waals surface area (Å²) in [6, 6.07) is 8.98. The number of aryl methyl sites for hydroxylation is 1. The average Bonchev–Trinajstić information content (AvgIpc) is 2.61. The maximum absolute atomic E-state index is 5.64. The van der Waals surface area contributed by atoms with Gasteiger partial charge in [-0.1, -0.05) is 49.4 Å². The summed E-state index contributed by atoms with van der Waals surface area (Å²) in [4.78, 5) is 0. The topological polar surface area (TPSA) is 9.23 Å². The van der Waals surface area contributed by atoms with Crippen LogP contribution in [0.3, 0.4) is 0 Å². The Hall–Kier alpha value is -1.34. The summed E-state index contributed by atoms with van der Waals surface area (Å²) in [7, 11) is 0. The molecule has 0 bridgehead atoms. The molecule has 2 rings (SSSR count). The Kier molecular flexibility index (Phi) is 8.17. The van der Waals surface area contributed by atoms with Crippen molar-refractivity contribution >= 4 is 0 Å². The van der Waals surface area contributed by atoms with Gasteiger partial charge in [0.2, 0.25) is 0 Å². The lowest BCUT2D eigenvalue weighted by Gasteiger charge is -2.26. The first-order valence-electron chi connectivity index (χ1n) is 9.25. The molecule has 1 aliphatic carbocycles. The lowest BCUT2D eigenvalue weighted by molar-refractivity contribution is 0.148. The predicted molar refractivity (Wildman–Crippen MR) is 99.5 cm³/mol. The van der Waals surface area contributed by atoms with Crippen LogP contribution in [0.5, 0.6) is 0 Å². The van der Waals surface area contributed by atoms with Crippen molar-refractivity contribution in [2.24, 2.45) is 11.8 Å². The van der Waals surface area contributed by atoms with Crippen LogP contribution >= 0.6 is 0 Å². The second-order valence-electron chi connectivity index (χ2n) is 6.77. The highest BCUT2D eigenvalue weighted by Crippen LogP contribution is 2.32. The van der Waals surface area contributed by atoms with Gasteiger partial charge in [0.25, 0.3) is 0 Å². The summed E-state index contributed by atoms with van der Waals surface area (Å²) >= 11 is 0. The quantitative estimate of drug-likeness (QED) is 0.396. The van der Waals surface area contributed by atoms with Gasteiger partial charge in [-0.3, -0.25) is 0 Å². The Morgan fingerprint density at radius 1 is 1.04 bits per heavy atom. The molecule has 0 amide bonds. The first-order chi connectivity index (χ1) is 11.3. The molecule has 0 saturated heterocycles. The zero-order valence-electron chi connectivity index (χ0n) is 14.7. The fourth-order valence-corrected chi connectivity index (χ4v) is 3.37. The molecule has 0 aliphatic heterocycles. The van der Waals surface area contributed by atoms with Gasteiger partial charge in [0.1, 0.15) is 0 Å². The monoisotopic (exact) mass is 312 g/mol. The van der Waals surface area contributed by atoms with Gasteiger partial charge in [0.15, 0.2) is 0 Å². The summed E-state index contributed by atoms with van der Waals surface area (Å²) in [5, 5.41) is 0. The molecule has 0 radical (unpaired) electrons. The van der Waals surface area contributed by atoms with Crippen LogP contribution in [0.2, 0.25) is 0 Å². The molecule has 0 unspecified atom stereocenters. The molecule has 0 heterocycles. The van der Waals surface area contributed by atoms with Crippen molar-refractivity contribution < 1.29 is 4.74 Å². The van der Waals surface area contributed by atoms with Crippen molar-refractivity contribution in [3.05, 3.63) is 60.2 Å². The molecule has 1 fully saturated rings. The number of hydrogen-bond donors (Lipinski definition) is 0. The molecule has 1 heteroatoms. The maximum Gasteiger partial charge on any atom is 0.0721 e. The van der Waals surface area contributed by atoms with E-state index < -0.39 is 0 Å². The number of rotatable bonds is 9. The summed E-state index contributed by atoms with van der Waals surface area (Å²) in [5.41, 5.74) is 2.73. The largest absolute Gasteiger partial charge is 0.373 e. The SMILES string of the molecule is C=C[C@H]1CC[C@H](CCc2ccc(COC/C=C/CC)cc2)CC1. The number of hydrogen-bond acceptors (Lipinski definition) is 1. The first kappa shape index (κ1) is 18.0. The Labute approximate surface area is 142 Å². The minimum absolute atomic E-state index is 0.708. The molecule has 0 atom stereocenters. The molecular weight excluding hydrogens is 280 g/mol. The normalized spacial score (nSPS) is 21.6. The van der Waals surface area contributed by atoms with Crippen molar-refractivity contribution in [1.82, 2.24) is 0 Å². The third kappa shape index (κ3) is 6.74. The minimum Gasteiger partial charge on any atom is -0.373 e. The fraction of sp³-hybridized carbons (Fsp3) is 0.545. The number of benzene rings is 1. The van der Waals surface area contributed by atoms with Gasteiger partial charge in [-0.15, -0.1) is 6.58 Å². The number of allylic oxidation sites excluding steroid dienone is 2. The van der Waals surface area contributed by atoms with E-state index >= 15 is 0 Å². The van der Waals surface area contributed by atoms with Gasteiger partial charge in [-0.2, -0.15) is 0 Å². The van der Waals surface area contributed by atoms with Gasteiger partial charge in [0, 0.05) is 0 Å². The van der Waals surface area contributed by atoms with Gasteiger partial charge in [0.05, 0.1) is 13.2 Å². The molecule has 1 aliphatic rings. The van der Waals surface area contributed by atoms with Crippen LogP contribution in [-0.2, 0) is 17.8 Å². The third-order valence-electron chi connectivity index (χ3n) is 4.97. The number of ether oxygens (including phenoxy) is 1. The van der Waals surface area contributed by atoms with Crippen LogP contribution in [-0.4, -0.2) is 6.61 Å². The second kappa shape index (κ2) is 10.4. The third-order valence-corrected chi connectivity index (χ3v) is 4.97.